The molecule has 10 nitrogen and oxygen atoms in total. The second-order valence-corrected chi connectivity index (χ2v) is 7.27. The minimum Gasteiger partial charge on any atom is -0.475 e. The van der Waals surface area contributed by atoms with Crippen LogP contribution in [0.5, 0.6) is 17.8 Å². The topological polar surface area (TPSA) is 138 Å². The predicted octanol–water partition coefficient (Wildman–Crippen LogP) is 1.18. The largest absolute Gasteiger partial charge is 0.475 e. The molecule has 1 heterocycles. The highest BCUT2D eigenvalue weighted by Crippen LogP contribution is 2.21. The van der Waals surface area contributed by atoms with Crippen molar-refractivity contribution in [2.45, 2.75) is 17.9 Å². The zero-order valence-corrected chi connectivity index (χ0v) is 15.1. The lowest BCUT2D eigenvalue weighted by molar-refractivity contribution is 0.0669. The molecule has 0 fully saturated rings. The molecule has 2 aromatic rings. The van der Waals surface area contributed by atoms with Gasteiger partial charge in [-0.25, -0.2) is 13.2 Å². The SMILES string of the molecule is COCC(C)Oc1nc(Oc2ccc(S(C)(=O)=O)cc2)nc(C(=O)O)n1. The summed E-state index contributed by atoms with van der Waals surface area (Å²) in [5.41, 5.74) is 0. The smallest absolute Gasteiger partial charge is 0.374 e. The number of rotatable bonds is 8. The Bertz CT molecular complexity index is 885. The van der Waals surface area contributed by atoms with Crippen LogP contribution < -0.4 is 9.47 Å². The van der Waals surface area contributed by atoms with Crippen molar-refractivity contribution >= 4 is 15.8 Å². The van der Waals surface area contributed by atoms with Gasteiger partial charge in [0.2, 0.25) is 5.82 Å². The van der Waals surface area contributed by atoms with E-state index in [2.05, 4.69) is 15.0 Å². The highest BCUT2D eigenvalue weighted by Gasteiger charge is 2.17. The first-order valence-corrected chi connectivity index (χ1v) is 9.21. The number of sulfone groups is 1. The van der Waals surface area contributed by atoms with Crippen molar-refractivity contribution in [3.63, 3.8) is 0 Å². The molecule has 0 aliphatic carbocycles. The number of nitrogens with zero attached hydrogens (tertiary/aromatic N) is 3. The van der Waals surface area contributed by atoms with Crippen LogP contribution in [0.3, 0.4) is 0 Å². The molecule has 0 aliphatic rings. The van der Waals surface area contributed by atoms with Crippen LogP contribution in [0.4, 0.5) is 0 Å². The first-order chi connectivity index (χ1) is 12.2. The summed E-state index contributed by atoms with van der Waals surface area (Å²) in [6.07, 6.45) is 0.657. The molecule has 0 saturated heterocycles. The van der Waals surface area contributed by atoms with E-state index in [1.54, 1.807) is 6.92 Å². The van der Waals surface area contributed by atoms with Gasteiger partial charge in [-0.15, -0.1) is 4.98 Å². The molecule has 11 heteroatoms. The number of aromatic carboxylic acids is 1. The molecule has 1 unspecified atom stereocenters. The fraction of sp³-hybridized carbons (Fsp3) is 0.333. The molecule has 0 spiro atoms. The van der Waals surface area contributed by atoms with Crippen molar-refractivity contribution in [3.05, 3.63) is 30.1 Å². The van der Waals surface area contributed by atoms with Gasteiger partial charge in [-0.1, -0.05) is 0 Å². The lowest BCUT2D eigenvalue weighted by Gasteiger charge is -2.12. The summed E-state index contributed by atoms with van der Waals surface area (Å²) in [5, 5.41) is 9.11. The Kier molecular flexibility index (Phi) is 6.05. The van der Waals surface area contributed by atoms with Crippen molar-refractivity contribution in [2.75, 3.05) is 20.0 Å². The first-order valence-electron chi connectivity index (χ1n) is 7.32. The van der Waals surface area contributed by atoms with Crippen LogP contribution in [0.1, 0.15) is 17.5 Å². The van der Waals surface area contributed by atoms with Crippen LogP contribution in [-0.4, -0.2) is 60.5 Å². The van der Waals surface area contributed by atoms with Gasteiger partial charge in [0.15, 0.2) is 9.84 Å². The van der Waals surface area contributed by atoms with Crippen LogP contribution in [-0.2, 0) is 14.6 Å². The van der Waals surface area contributed by atoms with E-state index < -0.39 is 27.7 Å². The zero-order valence-electron chi connectivity index (χ0n) is 14.2. The molecule has 0 aliphatic heterocycles. The fourth-order valence-electron chi connectivity index (χ4n) is 1.84. The second kappa shape index (κ2) is 8.06. The number of carboxylic acids is 1. The van der Waals surface area contributed by atoms with E-state index in [9.17, 15) is 13.2 Å². The van der Waals surface area contributed by atoms with E-state index in [0.717, 1.165) is 6.26 Å². The number of benzene rings is 1. The van der Waals surface area contributed by atoms with Crippen LogP contribution in [0.25, 0.3) is 0 Å². The van der Waals surface area contributed by atoms with Crippen LogP contribution in [0, 0.1) is 0 Å². The average molecular weight is 383 g/mol. The Morgan fingerprint density at radius 2 is 1.77 bits per heavy atom. The van der Waals surface area contributed by atoms with E-state index >= 15 is 0 Å². The monoisotopic (exact) mass is 383 g/mol. The third kappa shape index (κ3) is 5.36. The van der Waals surface area contributed by atoms with E-state index in [4.69, 9.17) is 19.3 Å². The molecule has 26 heavy (non-hydrogen) atoms. The number of methoxy groups -OCH3 is 1. The van der Waals surface area contributed by atoms with Crippen molar-refractivity contribution in [2.24, 2.45) is 0 Å². The van der Waals surface area contributed by atoms with E-state index in [0.29, 0.717) is 0 Å². The molecule has 1 atom stereocenters. The summed E-state index contributed by atoms with van der Waals surface area (Å²) in [6, 6.07) is 4.96. The van der Waals surface area contributed by atoms with Crippen molar-refractivity contribution < 1.29 is 32.5 Å². The lowest BCUT2D eigenvalue weighted by Crippen LogP contribution is -2.20. The first kappa shape index (κ1) is 19.5. The van der Waals surface area contributed by atoms with Gasteiger partial charge in [0.05, 0.1) is 11.5 Å². The average Bonchev–Trinajstić information content (AvgIpc) is 2.54. The maximum Gasteiger partial charge on any atom is 0.374 e. The highest BCUT2D eigenvalue weighted by atomic mass is 32.2. The standard InChI is InChI=1S/C15H17N3O7S/c1-9(8-23-2)24-14-16-12(13(19)20)17-15(18-14)25-10-4-6-11(7-5-10)26(3,21)22/h4-7,9H,8H2,1-3H3,(H,19,20). The molecule has 2 rings (SSSR count). The van der Waals surface area contributed by atoms with Crippen LogP contribution >= 0.6 is 0 Å². The number of ether oxygens (including phenoxy) is 3. The summed E-state index contributed by atoms with van der Waals surface area (Å²) in [4.78, 5) is 22.5. The molecule has 0 amide bonds. The van der Waals surface area contributed by atoms with Gasteiger partial charge in [0.1, 0.15) is 11.9 Å². The van der Waals surface area contributed by atoms with Crippen molar-refractivity contribution in [3.8, 4) is 17.8 Å². The maximum absolute atomic E-state index is 11.5. The molecule has 1 aromatic heterocycles. The highest BCUT2D eigenvalue weighted by molar-refractivity contribution is 7.90. The summed E-state index contributed by atoms with van der Waals surface area (Å²) < 4.78 is 38.6. The molecular formula is C15H17N3O7S. The summed E-state index contributed by atoms with van der Waals surface area (Å²) in [7, 11) is -1.85. The number of hydrogen-bond acceptors (Lipinski definition) is 9. The number of aromatic nitrogens is 3. The van der Waals surface area contributed by atoms with E-state index in [1.165, 1.54) is 31.4 Å². The molecule has 0 bridgehead atoms. The molecule has 1 aromatic carbocycles. The fourth-order valence-corrected chi connectivity index (χ4v) is 2.47. The van der Waals surface area contributed by atoms with Gasteiger partial charge in [-0.2, -0.15) is 9.97 Å². The number of carbonyl (C=O) groups is 1. The third-order valence-electron chi connectivity index (χ3n) is 2.95. The summed E-state index contributed by atoms with van der Waals surface area (Å²) in [5.74, 6) is -1.72. The van der Waals surface area contributed by atoms with Crippen LogP contribution in [0.15, 0.2) is 29.2 Å². The van der Waals surface area contributed by atoms with Gasteiger partial charge >= 0.3 is 18.0 Å². The van der Waals surface area contributed by atoms with Crippen molar-refractivity contribution in [1.29, 1.82) is 0 Å². The molecule has 0 radical (unpaired) electrons. The minimum atomic E-state index is -3.34. The third-order valence-corrected chi connectivity index (χ3v) is 4.08. The molecule has 140 valence electrons. The Morgan fingerprint density at radius 3 is 2.31 bits per heavy atom. The second-order valence-electron chi connectivity index (χ2n) is 5.26. The van der Waals surface area contributed by atoms with Gasteiger partial charge < -0.3 is 19.3 Å². The van der Waals surface area contributed by atoms with Crippen molar-refractivity contribution in [1.82, 2.24) is 15.0 Å². The van der Waals surface area contributed by atoms with Gasteiger partial charge in [0.25, 0.3) is 0 Å². The molecule has 0 saturated carbocycles. The van der Waals surface area contributed by atoms with E-state index in [1.807, 2.05) is 0 Å². The normalized spacial score (nSPS) is 12.4. The Balaban J connectivity index is 2.27. The predicted molar refractivity (Wildman–Crippen MR) is 88.4 cm³/mol. The minimum absolute atomic E-state index is 0.115. The lowest BCUT2D eigenvalue weighted by atomic mass is 10.3. The Labute approximate surface area is 149 Å². The quantitative estimate of drug-likeness (QED) is 0.707. The number of hydrogen-bond donors (Lipinski definition) is 1. The Hall–Kier alpha value is -2.79. The van der Waals surface area contributed by atoms with Crippen LogP contribution in [0.2, 0.25) is 0 Å². The number of carboxylic acid groups (broad SMARTS) is 1. The molecular weight excluding hydrogens is 366 g/mol. The van der Waals surface area contributed by atoms with Gasteiger partial charge in [-0.05, 0) is 31.2 Å². The van der Waals surface area contributed by atoms with Gasteiger partial charge in [0, 0.05) is 13.4 Å². The Morgan fingerprint density at radius 1 is 1.15 bits per heavy atom. The summed E-state index contributed by atoms with van der Waals surface area (Å²) in [6.45, 7) is 1.94. The molecule has 1 N–H and O–H groups in total. The summed E-state index contributed by atoms with van der Waals surface area (Å²) >= 11 is 0. The maximum atomic E-state index is 11.5. The van der Waals surface area contributed by atoms with E-state index in [-0.39, 0.29) is 29.3 Å². The van der Waals surface area contributed by atoms with Gasteiger partial charge in [-0.3, -0.25) is 0 Å². The zero-order chi connectivity index (χ0) is 19.3.